The highest BCUT2D eigenvalue weighted by atomic mass is 35.5. The van der Waals surface area contributed by atoms with Crippen LogP contribution < -0.4 is 10.6 Å². The van der Waals surface area contributed by atoms with Crippen LogP contribution in [0.2, 0.25) is 0 Å². The summed E-state index contributed by atoms with van der Waals surface area (Å²) in [6.45, 7) is 8.15. The molecule has 0 aliphatic carbocycles. The van der Waals surface area contributed by atoms with Crippen LogP contribution >= 0.6 is 12.4 Å². The highest BCUT2D eigenvalue weighted by Gasteiger charge is 2.19. The summed E-state index contributed by atoms with van der Waals surface area (Å²) in [6, 6.07) is 7.54. The van der Waals surface area contributed by atoms with Crippen molar-refractivity contribution in [3.8, 4) is 11.4 Å². The van der Waals surface area contributed by atoms with Gasteiger partial charge >= 0.3 is 0 Å². The normalized spacial score (nSPS) is 17.2. The first-order valence-electron chi connectivity index (χ1n) is 8.35. The Hall–Kier alpha value is -1.92. The van der Waals surface area contributed by atoms with Crippen LogP contribution in [-0.4, -0.2) is 35.2 Å². The van der Waals surface area contributed by atoms with Gasteiger partial charge in [-0.05, 0) is 30.5 Å². The molecule has 1 unspecified atom stereocenters. The molecule has 2 aromatic rings. The molecule has 1 fully saturated rings. The molecule has 7 heteroatoms. The Balaban J connectivity index is 0.00000225. The maximum Gasteiger partial charge on any atom is 0.251 e. The first kappa shape index (κ1) is 19.4. The Kier molecular flexibility index (Phi) is 6.19. The minimum Gasteiger partial charge on any atom is -0.348 e. The molecular formula is C18H25ClN4O2. The summed E-state index contributed by atoms with van der Waals surface area (Å²) in [5.41, 5.74) is 1.48. The molecule has 2 heterocycles. The number of hydrogen-bond acceptors (Lipinski definition) is 5. The third-order valence-corrected chi connectivity index (χ3v) is 3.93. The van der Waals surface area contributed by atoms with Gasteiger partial charge in [0.25, 0.3) is 5.91 Å². The zero-order valence-corrected chi connectivity index (χ0v) is 15.7. The molecule has 0 spiro atoms. The molecule has 1 amide bonds. The van der Waals surface area contributed by atoms with Crippen molar-refractivity contribution in [1.82, 2.24) is 20.8 Å². The molecule has 3 rings (SSSR count). The smallest absolute Gasteiger partial charge is 0.251 e. The van der Waals surface area contributed by atoms with Crippen molar-refractivity contribution in [2.24, 2.45) is 5.41 Å². The monoisotopic (exact) mass is 364 g/mol. The second kappa shape index (κ2) is 7.97. The third-order valence-electron chi connectivity index (χ3n) is 3.93. The molecular weight excluding hydrogens is 340 g/mol. The predicted molar refractivity (Wildman–Crippen MR) is 98.9 cm³/mol. The summed E-state index contributed by atoms with van der Waals surface area (Å²) in [5, 5.41) is 10.3. The molecule has 6 nitrogen and oxygen atoms in total. The van der Waals surface area contributed by atoms with E-state index in [9.17, 15) is 4.79 Å². The van der Waals surface area contributed by atoms with Gasteiger partial charge < -0.3 is 15.2 Å². The lowest BCUT2D eigenvalue weighted by atomic mass is 9.92. The summed E-state index contributed by atoms with van der Waals surface area (Å²) in [4.78, 5) is 16.8. The van der Waals surface area contributed by atoms with Gasteiger partial charge in [0.1, 0.15) is 0 Å². The number of benzene rings is 1. The zero-order chi connectivity index (χ0) is 17.2. The lowest BCUT2D eigenvalue weighted by Crippen LogP contribution is -2.36. The Morgan fingerprint density at radius 1 is 1.40 bits per heavy atom. The van der Waals surface area contributed by atoms with Crippen molar-refractivity contribution < 1.29 is 9.32 Å². The summed E-state index contributed by atoms with van der Waals surface area (Å²) in [7, 11) is 0. The van der Waals surface area contributed by atoms with Crippen LogP contribution in [0.5, 0.6) is 0 Å². The molecule has 0 bridgehead atoms. The van der Waals surface area contributed by atoms with Crippen LogP contribution in [0.1, 0.15) is 43.4 Å². The number of hydrogen-bond donors (Lipinski definition) is 2. The number of halogens is 1. The van der Waals surface area contributed by atoms with Gasteiger partial charge in [-0.2, -0.15) is 4.98 Å². The number of carbonyl (C=O) groups excluding carboxylic acids is 1. The van der Waals surface area contributed by atoms with Gasteiger partial charge in [-0.15, -0.1) is 12.4 Å². The van der Waals surface area contributed by atoms with Crippen LogP contribution in [-0.2, 0) is 6.42 Å². The maximum absolute atomic E-state index is 12.4. The van der Waals surface area contributed by atoms with Crippen molar-refractivity contribution in [3.05, 3.63) is 35.7 Å². The second-order valence-electron chi connectivity index (χ2n) is 7.49. The molecule has 1 aromatic carbocycles. The number of amides is 1. The number of carbonyl (C=O) groups is 1. The number of nitrogens with one attached hydrogen (secondary N) is 2. The van der Waals surface area contributed by atoms with E-state index in [2.05, 4.69) is 41.5 Å². The zero-order valence-electron chi connectivity index (χ0n) is 14.8. The van der Waals surface area contributed by atoms with E-state index in [1.54, 1.807) is 6.07 Å². The van der Waals surface area contributed by atoms with Crippen molar-refractivity contribution >= 4 is 18.3 Å². The van der Waals surface area contributed by atoms with E-state index in [0.717, 1.165) is 31.5 Å². The third kappa shape index (κ3) is 5.28. The lowest BCUT2D eigenvalue weighted by Gasteiger charge is -2.13. The van der Waals surface area contributed by atoms with E-state index in [1.165, 1.54) is 0 Å². The van der Waals surface area contributed by atoms with Crippen molar-refractivity contribution in [3.63, 3.8) is 0 Å². The molecule has 1 aliphatic heterocycles. The van der Waals surface area contributed by atoms with Gasteiger partial charge in [-0.3, -0.25) is 4.79 Å². The predicted octanol–water partition coefficient (Wildman–Crippen LogP) is 2.84. The SMILES string of the molecule is CC(C)(C)Cc1nc(-c2cccc(C(=O)NC3CCNC3)c2)no1.Cl. The summed E-state index contributed by atoms with van der Waals surface area (Å²) in [5.74, 6) is 1.07. The van der Waals surface area contributed by atoms with E-state index in [0.29, 0.717) is 17.3 Å². The Morgan fingerprint density at radius 3 is 2.88 bits per heavy atom. The molecule has 1 aromatic heterocycles. The highest BCUT2D eigenvalue weighted by molar-refractivity contribution is 5.95. The number of rotatable bonds is 4. The molecule has 0 radical (unpaired) electrons. The minimum atomic E-state index is -0.0658. The first-order valence-corrected chi connectivity index (χ1v) is 8.35. The topological polar surface area (TPSA) is 80.0 Å². The average Bonchev–Trinajstić information content (AvgIpc) is 3.17. The molecule has 25 heavy (non-hydrogen) atoms. The fourth-order valence-electron chi connectivity index (χ4n) is 2.74. The van der Waals surface area contributed by atoms with Gasteiger partial charge in [0.05, 0.1) is 0 Å². The molecule has 0 saturated carbocycles. The summed E-state index contributed by atoms with van der Waals surface area (Å²) >= 11 is 0. The fraction of sp³-hybridized carbons (Fsp3) is 0.500. The van der Waals surface area contributed by atoms with Crippen LogP contribution in [0.25, 0.3) is 11.4 Å². The quantitative estimate of drug-likeness (QED) is 0.872. The van der Waals surface area contributed by atoms with E-state index >= 15 is 0 Å². The van der Waals surface area contributed by atoms with Crippen LogP contribution in [0.4, 0.5) is 0 Å². The maximum atomic E-state index is 12.4. The molecule has 1 atom stereocenters. The van der Waals surface area contributed by atoms with E-state index in [4.69, 9.17) is 4.52 Å². The van der Waals surface area contributed by atoms with Gasteiger partial charge in [0.2, 0.25) is 11.7 Å². The molecule has 1 saturated heterocycles. The van der Waals surface area contributed by atoms with Crippen LogP contribution in [0.15, 0.2) is 28.8 Å². The van der Waals surface area contributed by atoms with Gasteiger partial charge in [-0.1, -0.05) is 38.1 Å². The standard InChI is InChI=1S/C18H24N4O2.ClH/c1-18(2,3)10-15-21-16(22-24-15)12-5-4-6-13(9-12)17(23)20-14-7-8-19-11-14;/h4-6,9,14,19H,7-8,10-11H2,1-3H3,(H,20,23);1H. The van der Waals surface area contributed by atoms with Gasteiger partial charge in [0, 0.05) is 30.1 Å². The number of aromatic nitrogens is 2. The number of nitrogens with zero attached hydrogens (tertiary/aromatic N) is 2. The van der Waals surface area contributed by atoms with Crippen molar-refractivity contribution in [2.45, 2.75) is 39.7 Å². The van der Waals surface area contributed by atoms with Gasteiger partial charge in [0.15, 0.2) is 0 Å². The van der Waals surface area contributed by atoms with Crippen molar-refractivity contribution in [2.75, 3.05) is 13.1 Å². The van der Waals surface area contributed by atoms with Crippen LogP contribution in [0.3, 0.4) is 0 Å². The first-order chi connectivity index (χ1) is 11.4. The molecule has 136 valence electrons. The van der Waals surface area contributed by atoms with Gasteiger partial charge in [-0.25, -0.2) is 0 Å². The Labute approximate surface area is 154 Å². The minimum absolute atomic E-state index is 0. The molecule has 2 N–H and O–H groups in total. The fourth-order valence-corrected chi connectivity index (χ4v) is 2.74. The van der Waals surface area contributed by atoms with Crippen LogP contribution in [0, 0.1) is 5.41 Å². The lowest BCUT2D eigenvalue weighted by molar-refractivity contribution is 0.0940. The summed E-state index contributed by atoms with van der Waals surface area (Å²) in [6.07, 6.45) is 1.68. The highest BCUT2D eigenvalue weighted by Crippen LogP contribution is 2.22. The largest absolute Gasteiger partial charge is 0.348 e. The Morgan fingerprint density at radius 2 is 2.20 bits per heavy atom. The van der Waals surface area contributed by atoms with E-state index in [-0.39, 0.29) is 29.8 Å². The Bertz CT molecular complexity index is 718. The molecule has 1 aliphatic rings. The van der Waals surface area contributed by atoms with E-state index < -0.39 is 0 Å². The average molecular weight is 365 g/mol. The summed E-state index contributed by atoms with van der Waals surface area (Å²) < 4.78 is 5.33. The van der Waals surface area contributed by atoms with E-state index in [1.807, 2.05) is 18.2 Å². The second-order valence-corrected chi connectivity index (χ2v) is 7.49. The van der Waals surface area contributed by atoms with Crippen molar-refractivity contribution in [1.29, 1.82) is 0 Å².